The van der Waals surface area contributed by atoms with E-state index < -0.39 is 0 Å². The highest BCUT2D eigenvalue weighted by atomic mass is 16.3. The smallest absolute Gasteiger partial charge is 0.0978 e. The van der Waals surface area contributed by atoms with E-state index in [1.807, 2.05) is 26.2 Å². The zero-order chi connectivity index (χ0) is 8.27. The van der Waals surface area contributed by atoms with Crippen molar-refractivity contribution >= 4 is 0 Å². The first-order valence-electron chi connectivity index (χ1n) is 3.91. The lowest BCUT2D eigenvalue weighted by Gasteiger charge is -2.03. The van der Waals surface area contributed by atoms with Crippen molar-refractivity contribution < 1.29 is 5.11 Å². The van der Waals surface area contributed by atoms with Crippen molar-refractivity contribution in [1.29, 1.82) is 0 Å². The Morgan fingerprint density at radius 2 is 2.45 bits per heavy atom. The van der Waals surface area contributed by atoms with Crippen molar-refractivity contribution in [3.05, 3.63) is 18.0 Å². The van der Waals surface area contributed by atoms with Crippen molar-refractivity contribution in [1.82, 2.24) is 9.78 Å². The van der Waals surface area contributed by atoms with Crippen LogP contribution in [0.3, 0.4) is 0 Å². The van der Waals surface area contributed by atoms with E-state index in [9.17, 15) is 5.11 Å². The molecule has 0 amide bonds. The summed E-state index contributed by atoms with van der Waals surface area (Å²) in [5.41, 5.74) is 0.773. The Hall–Kier alpha value is -0.830. The van der Waals surface area contributed by atoms with Crippen LogP contribution in [0.1, 0.15) is 31.6 Å². The van der Waals surface area contributed by atoms with Crippen LogP contribution in [0.4, 0.5) is 0 Å². The average molecular weight is 154 g/mol. The molecule has 0 saturated heterocycles. The predicted molar refractivity (Wildman–Crippen MR) is 43.1 cm³/mol. The Bertz CT molecular complexity index is 220. The van der Waals surface area contributed by atoms with Gasteiger partial charge in [0.15, 0.2) is 0 Å². The molecule has 0 aliphatic carbocycles. The Kier molecular flexibility index (Phi) is 2.65. The summed E-state index contributed by atoms with van der Waals surface area (Å²) in [5.74, 6) is 0. The molecule has 1 atom stereocenters. The molecule has 3 nitrogen and oxygen atoms in total. The Morgan fingerprint density at radius 3 is 2.91 bits per heavy atom. The maximum atomic E-state index is 9.46. The third-order valence-electron chi connectivity index (χ3n) is 1.64. The molecule has 1 aromatic heterocycles. The van der Waals surface area contributed by atoms with Gasteiger partial charge in [-0.2, -0.15) is 5.10 Å². The molecule has 0 aliphatic rings. The van der Waals surface area contributed by atoms with Gasteiger partial charge in [0.25, 0.3) is 0 Å². The number of rotatable bonds is 3. The summed E-state index contributed by atoms with van der Waals surface area (Å²) in [6.07, 6.45) is 3.23. The fourth-order valence-corrected chi connectivity index (χ4v) is 1.03. The zero-order valence-electron chi connectivity index (χ0n) is 6.99. The molecule has 0 spiro atoms. The summed E-state index contributed by atoms with van der Waals surface area (Å²) >= 11 is 0. The molecular weight excluding hydrogens is 140 g/mol. The number of aliphatic hydroxyl groups is 1. The predicted octanol–water partition coefficient (Wildman–Crippen LogP) is 1.25. The quantitative estimate of drug-likeness (QED) is 0.711. The van der Waals surface area contributed by atoms with Gasteiger partial charge in [-0.15, -0.1) is 0 Å². The van der Waals surface area contributed by atoms with E-state index in [0.717, 1.165) is 18.5 Å². The number of hydrogen-bond acceptors (Lipinski definition) is 2. The minimum absolute atomic E-state index is 0.388. The highest BCUT2D eigenvalue weighted by molar-refractivity contribution is 5.02. The van der Waals surface area contributed by atoms with Crippen LogP contribution in [0.15, 0.2) is 12.3 Å². The van der Waals surface area contributed by atoms with Gasteiger partial charge in [-0.3, -0.25) is 4.68 Å². The number of aromatic nitrogens is 2. The van der Waals surface area contributed by atoms with E-state index >= 15 is 0 Å². The SMILES string of the molecule is CCCC(O)c1ccn(C)n1. The van der Waals surface area contributed by atoms with Crippen molar-refractivity contribution in [2.45, 2.75) is 25.9 Å². The van der Waals surface area contributed by atoms with Gasteiger partial charge in [-0.05, 0) is 12.5 Å². The summed E-state index contributed by atoms with van der Waals surface area (Å²) in [6.45, 7) is 2.05. The minimum atomic E-state index is -0.388. The van der Waals surface area contributed by atoms with Crippen LogP contribution in [-0.4, -0.2) is 14.9 Å². The molecule has 0 aromatic carbocycles. The van der Waals surface area contributed by atoms with Crippen LogP contribution in [0.2, 0.25) is 0 Å². The third-order valence-corrected chi connectivity index (χ3v) is 1.64. The number of nitrogens with zero attached hydrogens (tertiary/aromatic N) is 2. The molecule has 1 unspecified atom stereocenters. The molecule has 0 aliphatic heterocycles. The molecule has 0 fully saturated rings. The lowest BCUT2D eigenvalue weighted by Crippen LogP contribution is -1.98. The van der Waals surface area contributed by atoms with Gasteiger partial charge in [0.05, 0.1) is 11.8 Å². The van der Waals surface area contributed by atoms with Crippen LogP contribution >= 0.6 is 0 Å². The highest BCUT2D eigenvalue weighted by Gasteiger charge is 2.07. The van der Waals surface area contributed by atoms with E-state index in [1.165, 1.54) is 0 Å². The standard InChI is InChI=1S/C8H14N2O/c1-3-4-8(11)7-5-6-10(2)9-7/h5-6,8,11H,3-4H2,1-2H3. The molecular formula is C8H14N2O. The van der Waals surface area contributed by atoms with Crippen LogP contribution in [0.5, 0.6) is 0 Å². The number of aryl methyl sites for hydroxylation is 1. The van der Waals surface area contributed by atoms with Crippen LogP contribution in [0.25, 0.3) is 0 Å². The van der Waals surface area contributed by atoms with Crippen molar-refractivity contribution in [2.24, 2.45) is 7.05 Å². The summed E-state index contributed by atoms with van der Waals surface area (Å²) in [7, 11) is 1.85. The van der Waals surface area contributed by atoms with Gasteiger partial charge in [0.1, 0.15) is 0 Å². The van der Waals surface area contributed by atoms with Gasteiger partial charge in [-0.1, -0.05) is 13.3 Å². The highest BCUT2D eigenvalue weighted by Crippen LogP contribution is 2.14. The Balaban J connectivity index is 2.60. The first-order chi connectivity index (χ1) is 5.24. The second-order valence-corrected chi connectivity index (χ2v) is 2.72. The van der Waals surface area contributed by atoms with Gasteiger partial charge in [-0.25, -0.2) is 0 Å². The second-order valence-electron chi connectivity index (χ2n) is 2.72. The Morgan fingerprint density at radius 1 is 1.73 bits per heavy atom. The molecule has 11 heavy (non-hydrogen) atoms. The zero-order valence-corrected chi connectivity index (χ0v) is 6.99. The summed E-state index contributed by atoms with van der Waals surface area (Å²) in [6, 6.07) is 1.85. The molecule has 1 rings (SSSR count). The second kappa shape index (κ2) is 3.53. The topological polar surface area (TPSA) is 38.0 Å². The largest absolute Gasteiger partial charge is 0.387 e. The molecule has 3 heteroatoms. The number of aliphatic hydroxyl groups excluding tert-OH is 1. The van der Waals surface area contributed by atoms with E-state index in [1.54, 1.807) is 4.68 Å². The fraction of sp³-hybridized carbons (Fsp3) is 0.625. The van der Waals surface area contributed by atoms with Crippen molar-refractivity contribution in [3.63, 3.8) is 0 Å². The van der Waals surface area contributed by atoms with Crippen LogP contribution < -0.4 is 0 Å². The fourth-order valence-electron chi connectivity index (χ4n) is 1.03. The first kappa shape index (κ1) is 8.27. The number of hydrogen-bond donors (Lipinski definition) is 1. The van der Waals surface area contributed by atoms with Crippen LogP contribution in [0, 0.1) is 0 Å². The monoisotopic (exact) mass is 154 g/mol. The minimum Gasteiger partial charge on any atom is -0.387 e. The van der Waals surface area contributed by atoms with Gasteiger partial charge in [0.2, 0.25) is 0 Å². The van der Waals surface area contributed by atoms with Crippen molar-refractivity contribution in [2.75, 3.05) is 0 Å². The van der Waals surface area contributed by atoms with E-state index in [0.29, 0.717) is 0 Å². The lowest BCUT2D eigenvalue weighted by molar-refractivity contribution is 0.161. The Labute approximate surface area is 66.7 Å². The lowest BCUT2D eigenvalue weighted by atomic mass is 10.1. The maximum absolute atomic E-state index is 9.46. The third kappa shape index (κ3) is 2.05. The van der Waals surface area contributed by atoms with Gasteiger partial charge < -0.3 is 5.11 Å². The van der Waals surface area contributed by atoms with Crippen LogP contribution in [-0.2, 0) is 7.05 Å². The molecule has 62 valence electrons. The molecule has 0 saturated carbocycles. The summed E-state index contributed by atoms with van der Waals surface area (Å²) < 4.78 is 1.70. The molecule has 1 aromatic rings. The molecule has 1 N–H and O–H groups in total. The first-order valence-corrected chi connectivity index (χ1v) is 3.91. The molecule has 0 radical (unpaired) electrons. The van der Waals surface area contributed by atoms with E-state index in [4.69, 9.17) is 0 Å². The van der Waals surface area contributed by atoms with E-state index in [-0.39, 0.29) is 6.10 Å². The van der Waals surface area contributed by atoms with Gasteiger partial charge >= 0.3 is 0 Å². The summed E-state index contributed by atoms with van der Waals surface area (Å²) in [4.78, 5) is 0. The molecule has 1 heterocycles. The van der Waals surface area contributed by atoms with Crippen molar-refractivity contribution in [3.8, 4) is 0 Å². The normalized spacial score (nSPS) is 13.4. The maximum Gasteiger partial charge on any atom is 0.0978 e. The summed E-state index contributed by atoms with van der Waals surface area (Å²) in [5, 5.41) is 13.6. The average Bonchev–Trinajstić information content (AvgIpc) is 2.36. The van der Waals surface area contributed by atoms with Gasteiger partial charge in [0, 0.05) is 13.2 Å². The molecule has 0 bridgehead atoms. The van der Waals surface area contributed by atoms with E-state index in [2.05, 4.69) is 5.10 Å².